The molecule has 1 aromatic rings. The minimum Gasteiger partial charge on any atom is -0.456 e. The van der Waals surface area contributed by atoms with Gasteiger partial charge in [-0.2, -0.15) is 0 Å². The van der Waals surface area contributed by atoms with E-state index in [1.54, 1.807) is 30.3 Å². The Hall–Kier alpha value is -2.26. The van der Waals surface area contributed by atoms with Gasteiger partial charge in [-0.1, -0.05) is 54.3 Å². The number of esters is 1. The van der Waals surface area contributed by atoms with E-state index in [4.69, 9.17) is 17.0 Å². The number of carbonyl (C=O) groups excluding carboxylic acids is 4. The summed E-state index contributed by atoms with van der Waals surface area (Å²) in [7, 11) is 0. The van der Waals surface area contributed by atoms with Crippen LogP contribution in [-0.4, -0.2) is 58.2 Å². The predicted molar refractivity (Wildman–Crippen MR) is 101 cm³/mol. The molecule has 1 fully saturated rings. The predicted octanol–water partition coefficient (Wildman–Crippen LogP) is 1.17. The number of ether oxygens (including phenoxy) is 1. The molecule has 7 nitrogen and oxygen atoms in total. The quantitative estimate of drug-likeness (QED) is 0.382. The maximum atomic E-state index is 11.9. The molecule has 0 aromatic heterocycles. The Labute approximate surface area is 160 Å². The lowest BCUT2D eigenvalue weighted by Crippen LogP contribution is -2.38. The van der Waals surface area contributed by atoms with Crippen LogP contribution in [0, 0.1) is 0 Å². The number of amides is 2. The number of hydrogen-bond donors (Lipinski definition) is 1. The van der Waals surface area contributed by atoms with Crippen LogP contribution < -0.4 is 5.32 Å². The molecule has 1 N–H and O–H groups in total. The molecule has 0 unspecified atom stereocenters. The van der Waals surface area contributed by atoms with Crippen LogP contribution in [0.15, 0.2) is 30.3 Å². The van der Waals surface area contributed by atoms with E-state index >= 15 is 0 Å². The number of thiocarbonyl (C=S) groups is 1. The molecule has 9 heteroatoms. The van der Waals surface area contributed by atoms with Crippen LogP contribution in [0.2, 0.25) is 0 Å². The summed E-state index contributed by atoms with van der Waals surface area (Å²) in [6.07, 6.45) is -0.0641. The highest BCUT2D eigenvalue weighted by Gasteiger charge is 2.25. The summed E-state index contributed by atoms with van der Waals surface area (Å²) in [5, 5.41) is 2.55. The van der Waals surface area contributed by atoms with Gasteiger partial charge < -0.3 is 10.1 Å². The Morgan fingerprint density at radius 3 is 2.58 bits per heavy atom. The van der Waals surface area contributed by atoms with Crippen molar-refractivity contribution in [2.75, 3.05) is 25.4 Å². The lowest BCUT2D eigenvalue weighted by molar-refractivity contribution is -0.148. The highest BCUT2D eigenvalue weighted by Crippen LogP contribution is 2.18. The van der Waals surface area contributed by atoms with Crippen molar-refractivity contribution >= 4 is 51.9 Å². The average molecular weight is 394 g/mol. The van der Waals surface area contributed by atoms with Crippen molar-refractivity contribution in [3.63, 3.8) is 0 Å². The zero-order valence-corrected chi connectivity index (χ0v) is 15.6. The number of Topliss-reactive ketones (excluding diaryl/α,β-unsaturated/α-hetero) is 1. The molecule has 0 aliphatic carbocycles. The van der Waals surface area contributed by atoms with Crippen LogP contribution in [0.3, 0.4) is 0 Å². The van der Waals surface area contributed by atoms with E-state index in [9.17, 15) is 19.2 Å². The lowest BCUT2D eigenvalue weighted by Gasteiger charge is -2.15. The van der Waals surface area contributed by atoms with Crippen molar-refractivity contribution in [2.24, 2.45) is 0 Å². The van der Waals surface area contributed by atoms with Gasteiger partial charge in [0.15, 0.2) is 12.4 Å². The Bertz CT molecular complexity index is 692. The highest BCUT2D eigenvalue weighted by atomic mass is 32.2. The number of nitrogens with one attached hydrogen (secondary N) is 1. The third-order valence-corrected chi connectivity index (χ3v) is 4.95. The second-order valence-electron chi connectivity index (χ2n) is 5.40. The van der Waals surface area contributed by atoms with Crippen LogP contribution in [0.4, 0.5) is 0 Å². The van der Waals surface area contributed by atoms with E-state index in [0.29, 0.717) is 15.6 Å². The number of benzene rings is 1. The number of rotatable bonds is 9. The van der Waals surface area contributed by atoms with Gasteiger partial charge in [0.1, 0.15) is 4.32 Å². The zero-order valence-electron chi connectivity index (χ0n) is 13.9. The van der Waals surface area contributed by atoms with Gasteiger partial charge in [0.25, 0.3) is 5.91 Å². The van der Waals surface area contributed by atoms with Gasteiger partial charge >= 0.3 is 5.97 Å². The van der Waals surface area contributed by atoms with Crippen molar-refractivity contribution in [3.05, 3.63) is 35.9 Å². The molecule has 1 heterocycles. The van der Waals surface area contributed by atoms with Crippen LogP contribution in [0.1, 0.15) is 23.2 Å². The standard InChI is InChI=1S/C17H18N2O5S2/c20-13(12-4-2-1-3-5-12)6-7-16(23)24-10-14(21)18-8-9-19-15(22)11-26-17(19)25/h1-5H,6-11H2,(H,18,21). The minimum atomic E-state index is -0.614. The van der Waals surface area contributed by atoms with Gasteiger partial charge in [-0.05, 0) is 0 Å². The number of nitrogens with zero attached hydrogens (tertiary/aromatic N) is 1. The fourth-order valence-electron chi connectivity index (χ4n) is 2.16. The molecule has 1 saturated heterocycles. The lowest BCUT2D eigenvalue weighted by atomic mass is 10.1. The monoisotopic (exact) mass is 394 g/mol. The molecular formula is C17H18N2O5S2. The molecule has 1 aliphatic rings. The molecule has 2 amide bonds. The first-order valence-electron chi connectivity index (χ1n) is 7.95. The van der Waals surface area contributed by atoms with E-state index in [1.807, 2.05) is 0 Å². The number of thioether (sulfide) groups is 1. The highest BCUT2D eigenvalue weighted by molar-refractivity contribution is 8.23. The van der Waals surface area contributed by atoms with Crippen LogP contribution in [0.5, 0.6) is 0 Å². The fourth-order valence-corrected chi connectivity index (χ4v) is 3.28. The second-order valence-corrected chi connectivity index (χ2v) is 7.01. The van der Waals surface area contributed by atoms with E-state index in [0.717, 1.165) is 0 Å². The van der Waals surface area contributed by atoms with Gasteiger partial charge in [0.05, 0.1) is 12.2 Å². The Morgan fingerprint density at radius 2 is 1.92 bits per heavy atom. The SMILES string of the molecule is O=C(COC(=O)CCC(=O)c1ccccc1)NCCN1C(=O)CSC1=S. The second kappa shape index (κ2) is 10.0. The zero-order chi connectivity index (χ0) is 18.9. The van der Waals surface area contributed by atoms with Crippen LogP contribution in [0.25, 0.3) is 0 Å². The molecule has 0 radical (unpaired) electrons. The van der Waals surface area contributed by atoms with Gasteiger partial charge in [0.2, 0.25) is 5.91 Å². The van der Waals surface area contributed by atoms with Gasteiger partial charge in [-0.15, -0.1) is 0 Å². The minimum absolute atomic E-state index is 0.0245. The molecule has 26 heavy (non-hydrogen) atoms. The summed E-state index contributed by atoms with van der Waals surface area (Å²) in [6.45, 7) is 0.0801. The smallest absolute Gasteiger partial charge is 0.306 e. The summed E-state index contributed by atoms with van der Waals surface area (Å²) in [5.41, 5.74) is 0.533. The molecule has 2 rings (SSSR count). The summed E-state index contributed by atoms with van der Waals surface area (Å²) < 4.78 is 5.34. The molecule has 0 atom stereocenters. The first kappa shape index (κ1) is 20.1. The van der Waals surface area contributed by atoms with Gasteiger partial charge in [-0.3, -0.25) is 24.1 Å². The molecule has 1 aliphatic heterocycles. The van der Waals surface area contributed by atoms with E-state index < -0.39 is 18.5 Å². The maximum absolute atomic E-state index is 11.9. The molecular weight excluding hydrogens is 376 g/mol. The van der Waals surface area contributed by atoms with Crippen LogP contribution >= 0.6 is 24.0 Å². The van der Waals surface area contributed by atoms with Crippen molar-refractivity contribution in [2.45, 2.75) is 12.8 Å². The van der Waals surface area contributed by atoms with Crippen molar-refractivity contribution < 1.29 is 23.9 Å². The van der Waals surface area contributed by atoms with E-state index in [1.165, 1.54) is 16.7 Å². The molecule has 1 aromatic carbocycles. The van der Waals surface area contributed by atoms with Gasteiger partial charge in [0, 0.05) is 25.1 Å². The normalized spacial score (nSPS) is 13.6. The summed E-state index contributed by atoms with van der Waals surface area (Å²) >= 11 is 6.32. The summed E-state index contributed by atoms with van der Waals surface area (Å²) in [6, 6.07) is 8.65. The fraction of sp³-hybridized carbons (Fsp3) is 0.353. The summed E-state index contributed by atoms with van der Waals surface area (Å²) in [5.74, 6) is -0.999. The molecule has 138 valence electrons. The molecule has 0 bridgehead atoms. The maximum Gasteiger partial charge on any atom is 0.306 e. The third-order valence-electron chi connectivity index (χ3n) is 3.51. The Morgan fingerprint density at radius 1 is 1.19 bits per heavy atom. The molecule has 0 spiro atoms. The van der Waals surface area contributed by atoms with Crippen LogP contribution in [-0.2, 0) is 19.1 Å². The number of ketones is 1. The van der Waals surface area contributed by atoms with E-state index in [2.05, 4.69) is 5.32 Å². The largest absolute Gasteiger partial charge is 0.456 e. The van der Waals surface area contributed by atoms with Crippen molar-refractivity contribution in [1.82, 2.24) is 10.2 Å². The first-order chi connectivity index (χ1) is 12.5. The van der Waals surface area contributed by atoms with Crippen molar-refractivity contribution in [1.29, 1.82) is 0 Å². The number of hydrogen-bond acceptors (Lipinski definition) is 7. The van der Waals surface area contributed by atoms with Gasteiger partial charge in [-0.25, -0.2) is 0 Å². The van der Waals surface area contributed by atoms with Crippen molar-refractivity contribution in [3.8, 4) is 0 Å². The third kappa shape index (κ3) is 6.23. The Kier molecular flexibility index (Phi) is 7.73. The summed E-state index contributed by atoms with van der Waals surface area (Å²) in [4.78, 5) is 48.1. The first-order valence-corrected chi connectivity index (χ1v) is 9.34. The average Bonchev–Trinajstić information content (AvgIpc) is 2.97. The Balaban J connectivity index is 1.59. The topological polar surface area (TPSA) is 92.8 Å². The molecule has 0 saturated carbocycles. The number of carbonyl (C=O) groups is 4. The van der Waals surface area contributed by atoms with E-state index in [-0.39, 0.29) is 37.6 Å².